The van der Waals surface area contributed by atoms with Crippen LogP contribution in [0.1, 0.15) is 5.56 Å². The van der Waals surface area contributed by atoms with Crippen LogP contribution in [0.4, 0.5) is 0 Å². The maximum atomic E-state index is 12.2. The second kappa shape index (κ2) is 5.61. The van der Waals surface area contributed by atoms with E-state index in [1.165, 1.54) is 4.40 Å². The molecule has 0 aliphatic carbocycles. The minimum Gasteiger partial charge on any atom is -0.477 e. The maximum Gasteiger partial charge on any atom is 0.359 e. The Morgan fingerprint density at radius 3 is 2.86 bits per heavy atom. The Morgan fingerprint density at radius 1 is 1.33 bits per heavy atom. The van der Waals surface area contributed by atoms with E-state index in [0.717, 1.165) is 5.56 Å². The lowest BCUT2D eigenvalue weighted by Crippen LogP contribution is -2.44. The average Bonchev–Trinajstić information content (AvgIpc) is 2.51. The second-order valence-corrected chi connectivity index (χ2v) is 5.91. The first-order chi connectivity index (χ1) is 10.1. The fraction of sp³-hybridized carbons (Fsp3) is 0.0714. The van der Waals surface area contributed by atoms with Crippen LogP contribution < -0.4 is 9.96 Å². The monoisotopic (exact) mass is 414 g/mol. The molecule has 0 aromatic carbocycles. The number of halogens is 2. The van der Waals surface area contributed by atoms with E-state index in [1.807, 2.05) is 34.7 Å². The van der Waals surface area contributed by atoms with Crippen molar-refractivity contribution in [3.05, 3.63) is 67.4 Å². The molecule has 0 atom stereocenters. The molecule has 3 heterocycles. The van der Waals surface area contributed by atoms with Crippen LogP contribution in [0.5, 0.6) is 5.88 Å². The molecule has 106 valence electrons. The van der Waals surface area contributed by atoms with Gasteiger partial charge in [-0.1, -0.05) is 23.7 Å². The lowest BCUT2D eigenvalue weighted by Gasteiger charge is -2.07. The Balaban J connectivity index is 2.22. The predicted octanol–water partition coefficient (Wildman–Crippen LogP) is 1.99. The molecule has 0 amide bonds. The summed E-state index contributed by atoms with van der Waals surface area (Å²) in [5.74, 6) is -0.0539. The number of hydrogen-bond donors (Lipinski definition) is 1. The van der Waals surface area contributed by atoms with Gasteiger partial charge in [0, 0.05) is 17.8 Å². The molecule has 0 fully saturated rings. The molecular formula is C14H10ClIN3O2+. The van der Waals surface area contributed by atoms with Crippen LogP contribution in [0.25, 0.3) is 5.65 Å². The van der Waals surface area contributed by atoms with Gasteiger partial charge in [0.1, 0.15) is 11.7 Å². The summed E-state index contributed by atoms with van der Waals surface area (Å²) < 4.78 is 3.44. The Kier molecular flexibility index (Phi) is 3.81. The van der Waals surface area contributed by atoms with Crippen molar-refractivity contribution >= 4 is 39.8 Å². The van der Waals surface area contributed by atoms with Crippen molar-refractivity contribution in [2.24, 2.45) is 0 Å². The fourth-order valence-electron chi connectivity index (χ4n) is 2.09. The van der Waals surface area contributed by atoms with Crippen molar-refractivity contribution in [3.8, 4) is 5.88 Å². The van der Waals surface area contributed by atoms with Gasteiger partial charge in [0.2, 0.25) is 0 Å². The Bertz CT molecular complexity index is 878. The van der Waals surface area contributed by atoms with Gasteiger partial charge in [-0.2, -0.15) is 8.97 Å². The van der Waals surface area contributed by atoms with Gasteiger partial charge in [0.25, 0.3) is 5.65 Å². The van der Waals surface area contributed by atoms with Crippen molar-refractivity contribution in [2.75, 3.05) is 0 Å². The topological polar surface area (TPSA) is 59.2 Å². The van der Waals surface area contributed by atoms with Gasteiger partial charge in [0.15, 0.2) is 3.57 Å². The predicted molar refractivity (Wildman–Crippen MR) is 86.6 cm³/mol. The minimum absolute atomic E-state index is 0.0539. The van der Waals surface area contributed by atoms with E-state index in [9.17, 15) is 9.90 Å². The molecular weight excluding hydrogens is 405 g/mol. The van der Waals surface area contributed by atoms with Crippen molar-refractivity contribution in [1.29, 1.82) is 0 Å². The number of hydrogen-bond acceptors (Lipinski definition) is 3. The molecule has 0 aliphatic heterocycles. The van der Waals surface area contributed by atoms with Gasteiger partial charge in [-0.25, -0.2) is 9.78 Å². The molecule has 0 saturated heterocycles. The maximum absolute atomic E-state index is 12.2. The summed E-state index contributed by atoms with van der Waals surface area (Å²) in [4.78, 5) is 16.2. The van der Waals surface area contributed by atoms with Crippen LogP contribution in [0.2, 0.25) is 5.15 Å². The fourth-order valence-corrected chi connectivity index (χ4v) is 2.76. The molecule has 0 spiro atoms. The zero-order valence-electron chi connectivity index (χ0n) is 10.7. The van der Waals surface area contributed by atoms with Crippen LogP contribution >= 0.6 is 34.2 Å². The molecule has 5 nitrogen and oxygen atoms in total. The third-order valence-corrected chi connectivity index (χ3v) is 4.27. The molecule has 0 radical (unpaired) electrons. The Labute approximate surface area is 138 Å². The van der Waals surface area contributed by atoms with Crippen molar-refractivity contribution in [1.82, 2.24) is 9.55 Å². The summed E-state index contributed by atoms with van der Waals surface area (Å²) in [6, 6.07) is 8.89. The molecule has 21 heavy (non-hydrogen) atoms. The van der Waals surface area contributed by atoms with Crippen molar-refractivity contribution < 1.29 is 9.51 Å². The average molecular weight is 415 g/mol. The zero-order chi connectivity index (χ0) is 15.0. The lowest BCUT2D eigenvalue weighted by atomic mass is 10.3. The zero-order valence-corrected chi connectivity index (χ0v) is 13.6. The number of fused-ring (bicyclic) bond motifs is 1. The summed E-state index contributed by atoms with van der Waals surface area (Å²) >= 11 is 7.62. The van der Waals surface area contributed by atoms with Crippen molar-refractivity contribution in [3.63, 3.8) is 0 Å². The quantitative estimate of drug-likeness (QED) is 0.396. The SMILES string of the molecule is O=c1c(I)c(O)n(Cc2ccc(Cl)nc2)c2cccc[n+]12. The number of rotatable bonds is 2. The third-order valence-electron chi connectivity index (χ3n) is 3.10. The molecule has 0 bridgehead atoms. The van der Waals surface area contributed by atoms with Gasteiger partial charge in [-0.3, -0.25) is 0 Å². The highest BCUT2D eigenvalue weighted by Crippen LogP contribution is 2.18. The molecule has 0 aliphatic rings. The van der Waals surface area contributed by atoms with E-state index in [2.05, 4.69) is 4.98 Å². The first kappa shape index (κ1) is 14.3. The summed E-state index contributed by atoms with van der Waals surface area (Å²) in [6.45, 7) is 0.389. The Morgan fingerprint density at radius 2 is 2.14 bits per heavy atom. The Hall–Kier alpha value is -1.67. The first-order valence-electron chi connectivity index (χ1n) is 6.10. The molecule has 7 heteroatoms. The van der Waals surface area contributed by atoms with E-state index in [-0.39, 0.29) is 15.0 Å². The summed E-state index contributed by atoms with van der Waals surface area (Å²) in [5.41, 5.74) is 1.24. The molecule has 3 aromatic heterocycles. The number of pyridine rings is 2. The number of aromatic nitrogens is 3. The van der Waals surface area contributed by atoms with Gasteiger partial charge >= 0.3 is 11.4 Å². The molecule has 0 saturated carbocycles. The van der Waals surface area contributed by atoms with Gasteiger partial charge < -0.3 is 5.11 Å². The van der Waals surface area contributed by atoms with Crippen molar-refractivity contribution in [2.45, 2.75) is 6.54 Å². The smallest absolute Gasteiger partial charge is 0.359 e. The molecule has 3 rings (SSSR count). The highest BCUT2D eigenvalue weighted by Gasteiger charge is 2.21. The van der Waals surface area contributed by atoms with Crippen LogP contribution in [0, 0.1) is 3.57 Å². The number of aromatic hydroxyl groups is 1. The van der Waals surface area contributed by atoms with Crippen LogP contribution in [-0.2, 0) is 6.54 Å². The second-order valence-electron chi connectivity index (χ2n) is 4.45. The normalized spacial score (nSPS) is 11.0. The van der Waals surface area contributed by atoms with Crippen LogP contribution in [0.3, 0.4) is 0 Å². The van der Waals surface area contributed by atoms with E-state index < -0.39 is 0 Å². The van der Waals surface area contributed by atoms with Gasteiger partial charge in [-0.05, 0) is 34.7 Å². The summed E-state index contributed by atoms with van der Waals surface area (Å²) in [6.07, 6.45) is 3.32. The van der Waals surface area contributed by atoms with Gasteiger partial charge in [-0.15, -0.1) is 0 Å². The lowest BCUT2D eigenvalue weighted by molar-refractivity contribution is -0.533. The van der Waals surface area contributed by atoms with Crippen LogP contribution in [0.15, 0.2) is 47.5 Å². The number of nitrogens with zero attached hydrogens (tertiary/aromatic N) is 3. The largest absolute Gasteiger partial charge is 0.477 e. The molecule has 1 N–H and O–H groups in total. The van der Waals surface area contributed by atoms with E-state index in [4.69, 9.17) is 11.6 Å². The van der Waals surface area contributed by atoms with E-state index in [1.54, 1.807) is 35.2 Å². The van der Waals surface area contributed by atoms with E-state index >= 15 is 0 Å². The first-order valence-corrected chi connectivity index (χ1v) is 7.55. The third kappa shape index (κ3) is 2.60. The van der Waals surface area contributed by atoms with Gasteiger partial charge in [0.05, 0.1) is 6.20 Å². The van der Waals surface area contributed by atoms with Crippen LogP contribution in [-0.4, -0.2) is 14.7 Å². The summed E-state index contributed by atoms with van der Waals surface area (Å²) in [7, 11) is 0. The molecule has 0 unspecified atom stereocenters. The standard InChI is InChI=1S/C14H9ClIN3O2/c15-10-5-4-9(7-17-10)8-19-11-3-1-2-6-18(11)13(20)12(16)14(19)21/h1-7H,8H2/p+1. The highest BCUT2D eigenvalue weighted by atomic mass is 127. The summed E-state index contributed by atoms with van der Waals surface area (Å²) in [5, 5.41) is 10.7. The minimum atomic E-state index is -0.241. The highest BCUT2D eigenvalue weighted by molar-refractivity contribution is 14.1. The molecule has 3 aromatic rings. The van der Waals surface area contributed by atoms with E-state index in [0.29, 0.717) is 17.3 Å².